The van der Waals surface area contributed by atoms with E-state index in [9.17, 15) is 8.42 Å². The Morgan fingerprint density at radius 2 is 1.60 bits per heavy atom. The molecule has 2 rings (SSSR count). The molecule has 2 aromatic rings. The fraction of sp³-hybridized carbons (Fsp3) is 0. The number of benzene rings is 2. The molecule has 0 aliphatic carbocycles. The van der Waals surface area contributed by atoms with Crippen LogP contribution >= 0.6 is 0 Å². The van der Waals surface area contributed by atoms with Crippen molar-refractivity contribution in [2.75, 3.05) is 5.73 Å². The lowest BCUT2D eigenvalue weighted by Crippen LogP contribution is -2.19. The zero-order valence-electron chi connectivity index (χ0n) is 10.6. The SMILES string of the molecule is Nc1ccc(/C=C/c2ccccc2OS(N)(=O)=O)cc1. The fourth-order valence-electron chi connectivity index (χ4n) is 1.61. The molecule has 20 heavy (non-hydrogen) atoms. The third-order valence-corrected chi connectivity index (χ3v) is 2.93. The molecule has 0 amide bonds. The molecular weight excluding hydrogens is 276 g/mol. The molecule has 0 bridgehead atoms. The van der Waals surface area contributed by atoms with E-state index >= 15 is 0 Å². The summed E-state index contributed by atoms with van der Waals surface area (Å²) >= 11 is 0. The lowest BCUT2D eigenvalue weighted by Gasteiger charge is -2.05. The van der Waals surface area contributed by atoms with E-state index in [1.54, 1.807) is 36.4 Å². The molecule has 0 aliphatic heterocycles. The van der Waals surface area contributed by atoms with Crippen LogP contribution in [-0.2, 0) is 10.3 Å². The van der Waals surface area contributed by atoms with E-state index in [0.717, 1.165) is 5.56 Å². The molecule has 0 aliphatic rings. The zero-order chi connectivity index (χ0) is 14.6. The van der Waals surface area contributed by atoms with Gasteiger partial charge in [0.1, 0.15) is 0 Å². The average Bonchev–Trinajstić information content (AvgIpc) is 2.38. The predicted molar refractivity (Wildman–Crippen MR) is 80.0 cm³/mol. The molecule has 104 valence electrons. The van der Waals surface area contributed by atoms with Gasteiger partial charge in [0.15, 0.2) is 5.75 Å². The van der Waals surface area contributed by atoms with Crippen LogP contribution < -0.4 is 15.1 Å². The summed E-state index contributed by atoms with van der Waals surface area (Å²) in [5.74, 6) is 0.182. The first-order chi connectivity index (χ1) is 9.44. The van der Waals surface area contributed by atoms with Crippen molar-refractivity contribution in [1.82, 2.24) is 0 Å². The van der Waals surface area contributed by atoms with Crippen LogP contribution in [-0.4, -0.2) is 8.42 Å². The molecule has 0 aromatic heterocycles. The molecule has 0 heterocycles. The summed E-state index contributed by atoms with van der Waals surface area (Å²) in [6, 6.07) is 14.0. The number of rotatable bonds is 4. The Hall–Kier alpha value is -2.31. The Kier molecular flexibility index (Phi) is 4.07. The van der Waals surface area contributed by atoms with Gasteiger partial charge in [0.25, 0.3) is 0 Å². The molecule has 0 unspecified atom stereocenters. The van der Waals surface area contributed by atoms with E-state index in [2.05, 4.69) is 0 Å². The van der Waals surface area contributed by atoms with E-state index in [1.165, 1.54) is 6.07 Å². The maximum Gasteiger partial charge on any atom is 0.380 e. The van der Waals surface area contributed by atoms with Crippen LogP contribution in [0.15, 0.2) is 48.5 Å². The molecule has 0 fully saturated rings. The van der Waals surface area contributed by atoms with Gasteiger partial charge in [-0.15, -0.1) is 0 Å². The van der Waals surface area contributed by atoms with Gasteiger partial charge in [-0.3, -0.25) is 0 Å². The summed E-state index contributed by atoms with van der Waals surface area (Å²) < 4.78 is 26.7. The highest BCUT2D eigenvalue weighted by Crippen LogP contribution is 2.21. The highest BCUT2D eigenvalue weighted by Gasteiger charge is 2.07. The molecule has 6 heteroatoms. The summed E-state index contributed by atoms with van der Waals surface area (Å²) in [4.78, 5) is 0. The number of nitrogen functional groups attached to an aromatic ring is 1. The second kappa shape index (κ2) is 5.77. The van der Waals surface area contributed by atoms with E-state index in [-0.39, 0.29) is 5.75 Å². The van der Waals surface area contributed by atoms with Crippen LogP contribution in [0.4, 0.5) is 5.69 Å². The van der Waals surface area contributed by atoms with Crippen LogP contribution in [0.3, 0.4) is 0 Å². The second-order valence-electron chi connectivity index (χ2n) is 4.11. The molecule has 0 spiro atoms. The van der Waals surface area contributed by atoms with E-state index in [1.807, 2.05) is 18.2 Å². The Morgan fingerprint density at radius 3 is 2.25 bits per heavy atom. The number of hydrogen-bond donors (Lipinski definition) is 2. The number of nitrogens with two attached hydrogens (primary N) is 2. The first kappa shape index (κ1) is 14.1. The van der Waals surface area contributed by atoms with Gasteiger partial charge in [-0.1, -0.05) is 42.5 Å². The standard InChI is InChI=1S/C14H14N2O3S/c15-13-9-6-11(7-10-13)5-8-12-3-1-2-4-14(12)19-20(16,17)18/h1-10H,15H2,(H2,16,17,18)/b8-5+. The minimum Gasteiger partial charge on any atom is -0.399 e. The molecule has 0 radical (unpaired) electrons. The molecule has 5 nitrogen and oxygen atoms in total. The van der Waals surface area contributed by atoms with Gasteiger partial charge in [-0.05, 0) is 23.8 Å². The summed E-state index contributed by atoms with van der Waals surface area (Å²) in [6.07, 6.45) is 3.57. The van der Waals surface area contributed by atoms with Crippen molar-refractivity contribution in [3.05, 3.63) is 59.7 Å². The highest BCUT2D eigenvalue weighted by molar-refractivity contribution is 7.84. The molecule has 0 atom stereocenters. The summed E-state index contributed by atoms with van der Waals surface area (Å²) in [6.45, 7) is 0. The van der Waals surface area contributed by atoms with Gasteiger partial charge in [-0.25, -0.2) is 0 Å². The first-order valence-electron chi connectivity index (χ1n) is 5.79. The largest absolute Gasteiger partial charge is 0.399 e. The van der Waals surface area contributed by atoms with Crippen LogP contribution in [0.2, 0.25) is 0 Å². The Balaban J connectivity index is 2.27. The van der Waals surface area contributed by atoms with Crippen molar-refractivity contribution in [2.45, 2.75) is 0 Å². The number of para-hydroxylation sites is 1. The summed E-state index contributed by atoms with van der Waals surface area (Å²) in [5, 5.41) is 4.87. The number of hydrogen-bond acceptors (Lipinski definition) is 4. The van der Waals surface area contributed by atoms with E-state index in [4.69, 9.17) is 15.1 Å². The van der Waals surface area contributed by atoms with E-state index in [0.29, 0.717) is 11.3 Å². The Bertz CT molecular complexity index is 722. The minimum absolute atomic E-state index is 0.182. The van der Waals surface area contributed by atoms with Crippen molar-refractivity contribution in [3.8, 4) is 5.75 Å². The van der Waals surface area contributed by atoms with Crippen molar-refractivity contribution in [2.24, 2.45) is 5.14 Å². The zero-order valence-corrected chi connectivity index (χ0v) is 11.4. The first-order valence-corrected chi connectivity index (χ1v) is 7.26. The number of anilines is 1. The predicted octanol–water partition coefficient (Wildman–Crippen LogP) is 2.02. The van der Waals surface area contributed by atoms with Crippen LogP contribution in [0.1, 0.15) is 11.1 Å². The molecule has 2 aromatic carbocycles. The van der Waals surface area contributed by atoms with Gasteiger partial charge in [-0.2, -0.15) is 13.6 Å². The van der Waals surface area contributed by atoms with Gasteiger partial charge >= 0.3 is 10.3 Å². The Morgan fingerprint density at radius 1 is 0.950 bits per heavy atom. The highest BCUT2D eigenvalue weighted by atomic mass is 32.2. The van der Waals surface area contributed by atoms with Crippen LogP contribution in [0.5, 0.6) is 5.75 Å². The molecule has 4 N–H and O–H groups in total. The van der Waals surface area contributed by atoms with Crippen molar-refractivity contribution < 1.29 is 12.6 Å². The maximum atomic E-state index is 11.0. The van der Waals surface area contributed by atoms with Gasteiger partial charge in [0, 0.05) is 11.3 Å². The lowest BCUT2D eigenvalue weighted by molar-refractivity contribution is 0.487. The normalized spacial score (nSPS) is 11.7. The Labute approximate surface area is 117 Å². The summed E-state index contributed by atoms with van der Waals surface area (Å²) in [7, 11) is -4.04. The topological polar surface area (TPSA) is 95.4 Å². The third-order valence-electron chi connectivity index (χ3n) is 2.52. The second-order valence-corrected chi connectivity index (χ2v) is 5.27. The molecule has 0 saturated carbocycles. The van der Waals surface area contributed by atoms with Gasteiger partial charge in [0.2, 0.25) is 0 Å². The van der Waals surface area contributed by atoms with Crippen LogP contribution in [0.25, 0.3) is 12.2 Å². The van der Waals surface area contributed by atoms with Crippen LogP contribution in [0, 0.1) is 0 Å². The van der Waals surface area contributed by atoms with Crippen molar-refractivity contribution >= 4 is 28.1 Å². The maximum absolute atomic E-state index is 11.0. The quantitative estimate of drug-likeness (QED) is 0.665. The van der Waals surface area contributed by atoms with Crippen molar-refractivity contribution in [3.63, 3.8) is 0 Å². The molecule has 0 saturated heterocycles. The van der Waals surface area contributed by atoms with Gasteiger partial charge < -0.3 is 9.92 Å². The average molecular weight is 290 g/mol. The fourth-order valence-corrected chi connectivity index (χ4v) is 2.01. The minimum atomic E-state index is -4.04. The third kappa shape index (κ3) is 4.11. The van der Waals surface area contributed by atoms with Gasteiger partial charge in [0.05, 0.1) is 0 Å². The smallest absolute Gasteiger partial charge is 0.380 e. The lowest BCUT2D eigenvalue weighted by atomic mass is 10.1. The van der Waals surface area contributed by atoms with E-state index < -0.39 is 10.3 Å². The van der Waals surface area contributed by atoms with Crippen molar-refractivity contribution in [1.29, 1.82) is 0 Å². The molecular formula is C14H14N2O3S. The summed E-state index contributed by atoms with van der Waals surface area (Å²) in [5.41, 5.74) is 7.83. The monoisotopic (exact) mass is 290 g/mol.